The Hall–Kier alpha value is -5.74. The predicted octanol–water partition coefficient (Wildman–Crippen LogP) is 7.75. The Morgan fingerprint density at radius 2 is 1.39 bits per heavy atom. The quantitative estimate of drug-likeness (QED) is 0.0459. The summed E-state index contributed by atoms with van der Waals surface area (Å²) in [5.74, 6) is -12.6. The van der Waals surface area contributed by atoms with Crippen molar-refractivity contribution >= 4 is 17.3 Å². The standard InChI is InChI=1S/C42H37F5N4O6/c43-36-35(37(44)39(46)40(47)38(36)45)41(53)48-22-29-3-1-2-4-33(29)26-9-11-28(12-10-26)42-56-32(21-34(57-42)27-7-5-25(24-52)6-8-27)23-49-17-19-50(20-18-49)30-13-15-31(16-14-30)51(54)55/h1-16,32,34,42,52H,17-24H2,(H,48,53). The van der Waals surface area contributed by atoms with Crippen molar-refractivity contribution in [2.45, 2.75) is 38.1 Å². The first-order valence-corrected chi connectivity index (χ1v) is 18.2. The van der Waals surface area contributed by atoms with Crippen LogP contribution in [0.25, 0.3) is 11.1 Å². The highest BCUT2D eigenvalue weighted by atomic mass is 19.2. The van der Waals surface area contributed by atoms with Gasteiger partial charge in [0.05, 0.1) is 23.7 Å². The van der Waals surface area contributed by atoms with E-state index in [0.717, 1.165) is 48.6 Å². The topological polar surface area (TPSA) is 117 Å². The van der Waals surface area contributed by atoms with Crippen molar-refractivity contribution in [3.63, 3.8) is 0 Å². The third-order valence-corrected chi connectivity index (χ3v) is 10.3. The number of nitrogens with zero attached hydrogens (tertiary/aromatic N) is 3. The highest BCUT2D eigenvalue weighted by Gasteiger charge is 2.34. The number of ether oxygens (including phenoxy) is 2. The molecule has 2 fully saturated rings. The number of halogens is 5. The van der Waals surface area contributed by atoms with Gasteiger partial charge in [-0.15, -0.1) is 0 Å². The average Bonchev–Trinajstić information content (AvgIpc) is 3.24. The number of nitro groups is 1. The number of piperazine rings is 1. The average molecular weight is 789 g/mol. The van der Waals surface area contributed by atoms with Crippen molar-refractivity contribution in [2.24, 2.45) is 0 Å². The first-order valence-electron chi connectivity index (χ1n) is 18.2. The number of rotatable bonds is 11. The Morgan fingerprint density at radius 3 is 2.02 bits per heavy atom. The van der Waals surface area contributed by atoms with Gasteiger partial charge in [-0.1, -0.05) is 72.8 Å². The number of nitro benzene ring substituents is 1. The van der Waals surface area contributed by atoms with Crippen LogP contribution in [0.15, 0.2) is 97.1 Å². The lowest BCUT2D eigenvalue weighted by atomic mass is 9.97. The monoisotopic (exact) mass is 788 g/mol. The molecular formula is C42H37F5N4O6. The van der Waals surface area contributed by atoms with E-state index in [9.17, 15) is 42.0 Å². The molecule has 57 heavy (non-hydrogen) atoms. The van der Waals surface area contributed by atoms with E-state index in [1.54, 1.807) is 36.4 Å². The molecule has 5 aromatic carbocycles. The van der Waals surface area contributed by atoms with Gasteiger partial charge in [-0.05, 0) is 39.9 Å². The van der Waals surface area contributed by atoms with E-state index >= 15 is 0 Å². The lowest BCUT2D eigenvalue weighted by molar-refractivity contribution is -0.384. The van der Waals surface area contributed by atoms with E-state index < -0.39 is 51.8 Å². The molecule has 0 aliphatic carbocycles. The molecular weight excluding hydrogens is 751 g/mol. The SMILES string of the molecule is O=C(NCc1ccccc1-c1ccc(C2OC(CN3CCN(c4ccc([N+](=O)[O-])cc4)CC3)CC(c3ccc(CO)cc3)O2)cc1)c1c(F)c(F)c(F)c(F)c1F. The molecule has 0 saturated carbocycles. The summed E-state index contributed by atoms with van der Waals surface area (Å²) in [4.78, 5) is 27.8. The molecule has 3 atom stereocenters. The maximum atomic E-state index is 14.3. The molecule has 296 valence electrons. The fraction of sp³-hybridized carbons (Fsp3) is 0.262. The number of hydrogen-bond acceptors (Lipinski definition) is 8. The largest absolute Gasteiger partial charge is 0.392 e. The fourth-order valence-electron chi connectivity index (χ4n) is 7.14. The van der Waals surface area contributed by atoms with Gasteiger partial charge in [0.1, 0.15) is 5.56 Å². The Balaban J connectivity index is 1.05. The second-order valence-electron chi connectivity index (χ2n) is 13.8. The Morgan fingerprint density at radius 1 is 0.772 bits per heavy atom. The summed E-state index contributed by atoms with van der Waals surface area (Å²) < 4.78 is 82.7. The molecule has 0 bridgehead atoms. The summed E-state index contributed by atoms with van der Waals surface area (Å²) in [6.07, 6.45) is -0.680. The van der Waals surface area contributed by atoms with Crippen molar-refractivity contribution < 1.29 is 46.3 Å². The van der Waals surface area contributed by atoms with Gasteiger partial charge in [0, 0.05) is 69.1 Å². The number of hydrogen-bond donors (Lipinski definition) is 2. The van der Waals surface area contributed by atoms with Crippen LogP contribution >= 0.6 is 0 Å². The lowest BCUT2D eigenvalue weighted by Crippen LogP contribution is -2.49. The summed E-state index contributed by atoms with van der Waals surface area (Å²) in [6.45, 7) is 3.27. The van der Waals surface area contributed by atoms with Crippen LogP contribution in [-0.2, 0) is 22.6 Å². The van der Waals surface area contributed by atoms with E-state index in [0.29, 0.717) is 29.7 Å². The van der Waals surface area contributed by atoms with Crippen molar-refractivity contribution in [1.29, 1.82) is 0 Å². The molecule has 2 N–H and O–H groups in total. The van der Waals surface area contributed by atoms with E-state index in [1.807, 2.05) is 48.5 Å². The maximum Gasteiger partial charge on any atom is 0.269 e. The van der Waals surface area contributed by atoms with E-state index in [4.69, 9.17) is 9.47 Å². The van der Waals surface area contributed by atoms with Crippen LogP contribution in [0.2, 0.25) is 0 Å². The van der Waals surface area contributed by atoms with Crippen LogP contribution in [0, 0.1) is 39.2 Å². The minimum atomic E-state index is -2.35. The first kappa shape index (κ1) is 39.5. The second kappa shape index (κ2) is 17.2. The van der Waals surface area contributed by atoms with Crippen LogP contribution < -0.4 is 10.2 Å². The molecule has 2 aliphatic heterocycles. The summed E-state index contributed by atoms with van der Waals surface area (Å²) in [5.41, 5.74) is 3.75. The number of non-ortho nitro benzene ring substituents is 1. The molecule has 0 spiro atoms. The van der Waals surface area contributed by atoms with Crippen LogP contribution in [0.4, 0.5) is 33.3 Å². The minimum absolute atomic E-state index is 0.0468. The molecule has 2 saturated heterocycles. The molecule has 0 radical (unpaired) electrons. The maximum absolute atomic E-state index is 14.3. The van der Waals surface area contributed by atoms with Gasteiger partial charge in [0.2, 0.25) is 5.82 Å². The van der Waals surface area contributed by atoms with Gasteiger partial charge >= 0.3 is 0 Å². The fourth-order valence-corrected chi connectivity index (χ4v) is 7.14. The molecule has 7 rings (SSSR count). The zero-order chi connectivity index (χ0) is 40.2. The molecule has 3 unspecified atom stereocenters. The second-order valence-corrected chi connectivity index (χ2v) is 13.8. The van der Waals surface area contributed by atoms with Crippen LogP contribution in [-0.4, -0.2) is 59.7 Å². The zero-order valence-electron chi connectivity index (χ0n) is 30.3. The number of amides is 1. The normalized spacial score (nSPS) is 18.7. The molecule has 1 amide bonds. The molecule has 2 heterocycles. The van der Waals surface area contributed by atoms with Gasteiger partial charge in [0.25, 0.3) is 11.6 Å². The van der Waals surface area contributed by atoms with Gasteiger partial charge in [-0.2, -0.15) is 0 Å². The van der Waals surface area contributed by atoms with Crippen molar-refractivity contribution in [3.8, 4) is 11.1 Å². The van der Waals surface area contributed by atoms with Crippen molar-refractivity contribution in [2.75, 3.05) is 37.6 Å². The highest BCUT2D eigenvalue weighted by molar-refractivity contribution is 5.95. The third kappa shape index (κ3) is 8.66. The number of benzene rings is 5. The molecule has 5 aromatic rings. The van der Waals surface area contributed by atoms with E-state index in [-0.39, 0.29) is 31.0 Å². The number of aliphatic hydroxyl groups is 1. The van der Waals surface area contributed by atoms with E-state index in [1.165, 1.54) is 12.1 Å². The zero-order valence-corrected chi connectivity index (χ0v) is 30.3. The first-order chi connectivity index (χ1) is 27.5. The summed E-state index contributed by atoms with van der Waals surface area (Å²) in [7, 11) is 0. The van der Waals surface area contributed by atoms with Crippen LogP contribution in [0.5, 0.6) is 0 Å². The Kier molecular flexibility index (Phi) is 11.9. The van der Waals surface area contributed by atoms with Gasteiger partial charge < -0.3 is 24.8 Å². The van der Waals surface area contributed by atoms with E-state index in [2.05, 4.69) is 15.1 Å². The highest BCUT2D eigenvalue weighted by Crippen LogP contribution is 2.39. The minimum Gasteiger partial charge on any atom is -0.392 e. The number of aliphatic hydroxyl groups excluding tert-OH is 1. The van der Waals surface area contributed by atoms with Crippen LogP contribution in [0.1, 0.15) is 51.4 Å². The molecule has 10 nitrogen and oxygen atoms in total. The van der Waals surface area contributed by atoms with Gasteiger partial charge in [-0.3, -0.25) is 19.8 Å². The van der Waals surface area contributed by atoms with Crippen molar-refractivity contribution in [1.82, 2.24) is 10.2 Å². The Bertz CT molecular complexity index is 2210. The van der Waals surface area contributed by atoms with Crippen LogP contribution in [0.3, 0.4) is 0 Å². The number of carbonyl (C=O) groups excluding carboxylic acids is 1. The Labute approximate surface area is 324 Å². The molecule has 0 aromatic heterocycles. The lowest BCUT2D eigenvalue weighted by Gasteiger charge is -2.41. The van der Waals surface area contributed by atoms with Gasteiger partial charge in [-0.25, -0.2) is 22.0 Å². The van der Waals surface area contributed by atoms with Gasteiger partial charge in [0.15, 0.2) is 29.6 Å². The number of anilines is 1. The third-order valence-electron chi connectivity index (χ3n) is 10.3. The summed E-state index contributed by atoms with van der Waals surface area (Å²) >= 11 is 0. The summed E-state index contributed by atoms with van der Waals surface area (Å²) in [5, 5.41) is 22.9. The smallest absolute Gasteiger partial charge is 0.269 e. The number of carbonyl (C=O) groups is 1. The van der Waals surface area contributed by atoms with Crippen molar-refractivity contribution in [3.05, 3.63) is 164 Å². The predicted molar refractivity (Wildman–Crippen MR) is 199 cm³/mol. The number of nitrogens with one attached hydrogen (secondary N) is 1. The summed E-state index contributed by atoms with van der Waals surface area (Å²) in [6, 6.07) is 28.4. The molecule has 15 heteroatoms. The molecule has 2 aliphatic rings.